The van der Waals surface area contributed by atoms with Gasteiger partial charge in [0.2, 0.25) is 5.91 Å². The highest BCUT2D eigenvalue weighted by atomic mass is 32.1. The summed E-state index contributed by atoms with van der Waals surface area (Å²) in [7, 11) is 1.70. The van der Waals surface area contributed by atoms with Crippen molar-refractivity contribution in [3.63, 3.8) is 0 Å². The molecule has 2 aromatic carbocycles. The maximum absolute atomic E-state index is 13.4. The summed E-state index contributed by atoms with van der Waals surface area (Å²) in [5, 5.41) is 6.72. The molecule has 10 heteroatoms. The highest BCUT2D eigenvalue weighted by Gasteiger charge is 2.22. The van der Waals surface area contributed by atoms with E-state index in [1.807, 2.05) is 35.7 Å². The second-order valence-corrected chi connectivity index (χ2v) is 8.51. The first-order valence-electron chi connectivity index (χ1n) is 10.4. The first-order valence-corrected chi connectivity index (χ1v) is 11.3. The summed E-state index contributed by atoms with van der Waals surface area (Å²) in [4.78, 5) is 36.8. The number of halogens is 1. The van der Waals surface area contributed by atoms with Gasteiger partial charge in [-0.2, -0.15) is 5.10 Å². The SMILES string of the molecule is Cn1ncc2c(=O)n(CC(=O)N(Cc3ccccc3)c3nc(-c4ccc(F)cc4)cs3)cnc21. The molecule has 0 aliphatic carbocycles. The molecule has 0 atom stereocenters. The number of benzene rings is 2. The zero-order valence-corrected chi connectivity index (χ0v) is 18.9. The number of thiazole rings is 1. The van der Waals surface area contributed by atoms with Crippen LogP contribution in [-0.2, 0) is 24.9 Å². The molecule has 3 heterocycles. The molecule has 0 fully saturated rings. The van der Waals surface area contributed by atoms with Crippen molar-refractivity contribution in [2.45, 2.75) is 13.1 Å². The molecule has 0 aliphatic rings. The zero-order chi connectivity index (χ0) is 23.7. The third kappa shape index (κ3) is 4.23. The molecule has 0 saturated heterocycles. The van der Waals surface area contributed by atoms with Crippen LogP contribution in [0.4, 0.5) is 9.52 Å². The lowest BCUT2D eigenvalue weighted by atomic mass is 10.2. The van der Waals surface area contributed by atoms with Crippen LogP contribution in [0.1, 0.15) is 5.56 Å². The number of carbonyl (C=O) groups is 1. The minimum Gasteiger partial charge on any atom is -0.289 e. The van der Waals surface area contributed by atoms with E-state index in [4.69, 9.17) is 0 Å². The van der Waals surface area contributed by atoms with Crippen LogP contribution >= 0.6 is 11.3 Å². The number of fused-ring (bicyclic) bond motifs is 1. The molecule has 0 N–H and O–H groups in total. The fourth-order valence-corrected chi connectivity index (χ4v) is 4.43. The Balaban J connectivity index is 1.48. The molecule has 0 bridgehead atoms. The molecule has 8 nitrogen and oxygen atoms in total. The summed E-state index contributed by atoms with van der Waals surface area (Å²) in [5.74, 6) is -0.638. The summed E-state index contributed by atoms with van der Waals surface area (Å²) in [5.41, 5.74) is 2.43. The maximum Gasteiger partial charge on any atom is 0.264 e. The van der Waals surface area contributed by atoms with E-state index in [9.17, 15) is 14.0 Å². The zero-order valence-electron chi connectivity index (χ0n) is 18.1. The van der Waals surface area contributed by atoms with Crippen molar-refractivity contribution in [2.75, 3.05) is 4.90 Å². The van der Waals surface area contributed by atoms with Crippen molar-refractivity contribution < 1.29 is 9.18 Å². The summed E-state index contributed by atoms with van der Waals surface area (Å²) < 4.78 is 16.1. The van der Waals surface area contributed by atoms with Crippen molar-refractivity contribution in [2.24, 2.45) is 7.05 Å². The number of hydrogen-bond donors (Lipinski definition) is 0. The van der Waals surface area contributed by atoms with Gasteiger partial charge in [0.05, 0.1) is 18.4 Å². The van der Waals surface area contributed by atoms with Gasteiger partial charge in [0.1, 0.15) is 24.1 Å². The third-order valence-corrected chi connectivity index (χ3v) is 6.23. The van der Waals surface area contributed by atoms with Crippen molar-refractivity contribution in [3.8, 4) is 11.3 Å². The fraction of sp³-hybridized carbons (Fsp3) is 0.125. The lowest BCUT2D eigenvalue weighted by Gasteiger charge is -2.20. The number of aromatic nitrogens is 5. The lowest BCUT2D eigenvalue weighted by Crippen LogP contribution is -2.36. The number of hydrogen-bond acceptors (Lipinski definition) is 6. The van der Waals surface area contributed by atoms with Gasteiger partial charge in [-0.05, 0) is 29.8 Å². The van der Waals surface area contributed by atoms with Crippen LogP contribution in [0.5, 0.6) is 0 Å². The molecule has 0 spiro atoms. The summed E-state index contributed by atoms with van der Waals surface area (Å²) >= 11 is 1.31. The summed E-state index contributed by atoms with van der Waals surface area (Å²) in [6.45, 7) is 0.0856. The number of aryl methyl sites for hydroxylation is 1. The van der Waals surface area contributed by atoms with Crippen LogP contribution in [0.2, 0.25) is 0 Å². The second kappa shape index (κ2) is 8.99. The Kier molecular flexibility index (Phi) is 5.72. The van der Waals surface area contributed by atoms with E-state index in [1.54, 1.807) is 24.1 Å². The number of rotatable bonds is 6. The Morgan fingerprint density at radius 3 is 2.65 bits per heavy atom. The van der Waals surface area contributed by atoms with Crippen molar-refractivity contribution in [1.82, 2.24) is 24.3 Å². The van der Waals surface area contributed by atoms with Crippen molar-refractivity contribution in [1.29, 1.82) is 0 Å². The van der Waals surface area contributed by atoms with Crippen LogP contribution in [0.25, 0.3) is 22.3 Å². The van der Waals surface area contributed by atoms with Crippen LogP contribution < -0.4 is 10.5 Å². The van der Waals surface area contributed by atoms with E-state index in [0.29, 0.717) is 21.9 Å². The summed E-state index contributed by atoms with van der Waals surface area (Å²) in [6.07, 6.45) is 2.81. The van der Waals surface area contributed by atoms with Gasteiger partial charge in [0.15, 0.2) is 10.8 Å². The predicted octanol–water partition coefficient (Wildman–Crippen LogP) is 3.63. The van der Waals surface area contributed by atoms with Gasteiger partial charge >= 0.3 is 0 Å². The predicted molar refractivity (Wildman–Crippen MR) is 128 cm³/mol. The lowest BCUT2D eigenvalue weighted by molar-refractivity contribution is -0.119. The van der Waals surface area contributed by atoms with Crippen LogP contribution in [-0.4, -0.2) is 30.2 Å². The van der Waals surface area contributed by atoms with Crippen LogP contribution in [0.3, 0.4) is 0 Å². The molecular formula is C24H19FN6O2S. The normalized spacial score (nSPS) is 11.1. The Hall–Kier alpha value is -4.18. The third-order valence-electron chi connectivity index (χ3n) is 5.37. The van der Waals surface area contributed by atoms with Crippen molar-refractivity contribution in [3.05, 3.63) is 94.2 Å². The minimum atomic E-state index is -0.336. The van der Waals surface area contributed by atoms with Gasteiger partial charge in [-0.25, -0.2) is 14.4 Å². The Morgan fingerprint density at radius 1 is 1.12 bits per heavy atom. The molecule has 170 valence electrons. The monoisotopic (exact) mass is 474 g/mol. The van der Waals surface area contributed by atoms with Gasteiger partial charge in [0.25, 0.3) is 5.56 Å². The quantitative estimate of drug-likeness (QED) is 0.375. The summed E-state index contributed by atoms with van der Waals surface area (Å²) in [6, 6.07) is 15.6. The van der Waals surface area contributed by atoms with E-state index in [0.717, 1.165) is 11.1 Å². The van der Waals surface area contributed by atoms with Gasteiger partial charge in [-0.15, -0.1) is 11.3 Å². The smallest absolute Gasteiger partial charge is 0.264 e. The first kappa shape index (κ1) is 21.7. The molecule has 1 amide bonds. The van der Waals surface area contributed by atoms with E-state index in [1.165, 1.54) is 45.2 Å². The average Bonchev–Trinajstić information content (AvgIpc) is 3.48. The molecule has 0 saturated carbocycles. The van der Waals surface area contributed by atoms with Crippen molar-refractivity contribution >= 4 is 33.4 Å². The maximum atomic E-state index is 13.4. The number of nitrogens with zero attached hydrogens (tertiary/aromatic N) is 6. The molecular weight excluding hydrogens is 455 g/mol. The molecule has 0 unspecified atom stereocenters. The molecule has 0 radical (unpaired) electrons. The Bertz CT molecular complexity index is 1520. The molecule has 5 rings (SSSR count). The van der Waals surface area contributed by atoms with Gasteiger partial charge in [-0.1, -0.05) is 30.3 Å². The minimum absolute atomic E-state index is 0.199. The Labute approximate surface area is 197 Å². The number of anilines is 1. The molecule has 3 aromatic heterocycles. The van der Waals surface area contributed by atoms with E-state index >= 15 is 0 Å². The topological polar surface area (TPSA) is 85.9 Å². The van der Waals surface area contributed by atoms with Crippen LogP contribution in [0.15, 0.2) is 77.3 Å². The molecule has 34 heavy (non-hydrogen) atoms. The van der Waals surface area contributed by atoms with E-state index in [-0.39, 0.29) is 30.4 Å². The standard InChI is InChI=1S/C24H19FN6O2S/c1-29-22-19(11-27-29)23(33)30(15-26-22)13-21(32)31(12-16-5-3-2-4-6-16)24-28-20(14-34-24)17-7-9-18(25)10-8-17/h2-11,14-15H,12-13H2,1H3. The van der Waals surface area contributed by atoms with Gasteiger partial charge in [-0.3, -0.25) is 23.7 Å². The molecule has 5 aromatic rings. The highest BCUT2D eigenvalue weighted by Crippen LogP contribution is 2.29. The number of amides is 1. The van der Waals surface area contributed by atoms with Gasteiger partial charge in [0, 0.05) is 18.0 Å². The van der Waals surface area contributed by atoms with Gasteiger partial charge < -0.3 is 0 Å². The largest absolute Gasteiger partial charge is 0.289 e. The molecule has 0 aliphatic heterocycles. The first-order chi connectivity index (χ1) is 16.5. The average molecular weight is 475 g/mol. The second-order valence-electron chi connectivity index (χ2n) is 7.67. The fourth-order valence-electron chi connectivity index (χ4n) is 3.58. The van der Waals surface area contributed by atoms with Crippen LogP contribution in [0, 0.1) is 5.82 Å². The van der Waals surface area contributed by atoms with E-state index < -0.39 is 0 Å². The number of carbonyl (C=O) groups excluding carboxylic acids is 1. The van der Waals surface area contributed by atoms with E-state index in [2.05, 4.69) is 15.1 Å². The highest BCUT2D eigenvalue weighted by molar-refractivity contribution is 7.14. The Morgan fingerprint density at radius 2 is 1.88 bits per heavy atom.